The van der Waals surface area contributed by atoms with Crippen molar-refractivity contribution in [2.24, 2.45) is 0 Å². The first kappa shape index (κ1) is 12.9. The van der Waals surface area contributed by atoms with Gasteiger partial charge in [0.05, 0.1) is 25.3 Å². The first-order chi connectivity index (χ1) is 6.01. The molecule has 80 valence electrons. The van der Waals surface area contributed by atoms with Gasteiger partial charge in [0.2, 0.25) is 0 Å². The third-order valence-electron chi connectivity index (χ3n) is 3.09. The van der Waals surface area contributed by atoms with E-state index in [0.29, 0.717) is 12.1 Å². The monoisotopic (exact) mass is 190 g/mol. The summed E-state index contributed by atoms with van der Waals surface area (Å²) in [6.45, 7) is 10.4. The fourth-order valence-electron chi connectivity index (χ4n) is 2.11. The van der Waals surface area contributed by atoms with Gasteiger partial charge in [-0.2, -0.15) is 0 Å². The number of quaternary nitrogens is 1. The second kappa shape index (κ2) is 5.58. The van der Waals surface area contributed by atoms with E-state index in [1.165, 1.54) is 0 Å². The molecular weight excluding hydrogens is 166 g/mol. The minimum atomic E-state index is 0.191. The minimum absolute atomic E-state index is 0.191. The molecule has 0 atom stereocenters. The van der Waals surface area contributed by atoms with Crippen molar-refractivity contribution in [2.75, 3.05) is 26.3 Å². The van der Waals surface area contributed by atoms with Crippen molar-refractivity contribution in [3.63, 3.8) is 0 Å². The van der Waals surface area contributed by atoms with Crippen LogP contribution in [0.3, 0.4) is 0 Å². The summed E-state index contributed by atoms with van der Waals surface area (Å²) in [4.78, 5) is 0. The first-order valence-corrected chi connectivity index (χ1v) is 5.09. The van der Waals surface area contributed by atoms with Crippen molar-refractivity contribution in [3.8, 4) is 0 Å². The van der Waals surface area contributed by atoms with Gasteiger partial charge in [-0.05, 0) is 27.7 Å². The zero-order valence-corrected chi connectivity index (χ0v) is 9.32. The second-order valence-electron chi connectivity index (χ2n) is 4.18. The highest BCUT2D eigenvalue weighted by Gasteiger charge is 2.33. The van der Waals surface area contributed by atoms with Crippen LogP contribution in [0.4, 0.5) is 0 Å². The van der Waals surface area contributed by atoms with Crippen molar-refractivity contribution < 1.29 is 14.7 Å². The van der Waals surface area contributed by atoms with E-state index in [-0.39, 0.29) is 13.2 Å². The Kier molecular flexibility index (Phi) is 5.53. The van der Waals surface area contributed by atoms with Crippen LogP contribution in [-0.2, 0) is 0 Å². The molecule has 0 aliphatic rings. The standard InChI is InChI=1S/C10H24NO2/c1-9(2)11(5-7-12,6-8-13)10(3)4/h9-10,12-13H,5-8H2,1-4H3/q+1. The van der Waals surface area contributed by atoms with E-state index in [9.17, 15) is 0 Å². The van der Waals surface area contributed by atoms with Gasteiger partial charge in [-0.15, -0.1) is 0 Å². The number of aliphatic hydroxyl groups is 2. The Morgan fingerprint density at radius 1 is 0.846 bits per heavy atom. The summed E-state index contributed by atoms with van der Waals surface area (Å²) < 4.78 is 0.799. The van der Waals surface area contributed by atoms with Crippen molar-refractivity contribution in [3.05, 3.63) is 0 Å². The van der Waals surface area contributed by atoms with Crippen molar-refractivity contribution in [2.45, 2.75) is 39.8 Å². The third kappa shape index (κ3) is 2.93. The summed E-state index contributed by atoms with van der Waals surface area (Å²) in [6.07, 6.45) is 0. The molecule has 0 aromatic rings. The third-order valence-corrected chi connectivity index (χ3v) is 3.09. The Morgan fingerprint density at radius 3 is 1.31 bits per heavy atom. The lowest BCUT2D eigenvalue weighted by atomic mass is 10.1. The van der Waals surface area contributed by atoms with Crippen LogP contribution >= 0.6 is 0 Å². The molecule has 0 fully saturated rings. The van der Waals surface area contributed by atoms with Gasteiger partial charge in [-0.3, -0.25) is 0 Å². The molecule has 2 N–H and O–H groups in total. The highest BCUT2D eigenvalue weighted by Crippen LogP contribution is 2.18. The van der Waals surface area contributed by atoms with Gasteiger partial charge in [0, 0.05) is 0 Å². The molecule has 0 aromatic heterocycles. The maximum absolute atomic E-state index is 9.03. The van der Waals surface area contributed by atoms with Crippen LogP contribution in [0.5, 0.6) is 0 Å². The van der Waals surface area contributed by atoms with Crippen molar-refractivity contribution in [1.29, 1.82) is 0 Å². The Morgan fingerprint density at radius 2 is 1.15 bits per heavy atom. The summed E-state index contributed by atoms with van der Waals surface area (Å²) in [7, 11) is 0. The zero-order chi connectivity index (χ0) is 10.5. The highest BCUT2D eigenvalue weighted by atomic mass is 16.3. The molecule has 13 heavy (non-hydrogen) atoms. The van der Waals surface area contributed by atoms with Crippen molar-refractivity contribution in [1.82, 2.24) is 0 Å². The molecule has 0 saturated carbocycles. The van der Waals surface area contributed by atoms with Gasteiger partial charge >= 0.3 is 0 Å². The predicted octanol–water partition coefficient (Wildman–Crippen LogP) is 0.605. The van der Waals surface area contributed by atoms with Crippen LogP contribution in [0, 0.1) is 0 Å². The number of hydrogen-bond acceptors (Lipinski definition) is 2. The molecule has 3 nitrogen and oxygen atoms in total. The van der Waals surface area contributed by atoms with E-state index in [0.717, 1.165) is 17.6 Å². The van der Waals surface area contributed by atoms with E-state index >= 15 is 0 Å². The number of aliphatic hydroxyl groups excluding tert-OH is 2. The molecule has 0 rings (SSSR count). The maximum atomic E-state index is 9.03. The fraction of sp³-hybridized carbons (Fsp3) is 1.00. The summed E-state index contributed by atoms with van der Waals surface area (Å²) in [5, 5.41) is 18.1. The van der Waals surface area contributed by atoms with Crippen LogP contribution in [0.1, 0.15) is 27.7 Å². The number of nitrogens with zero attached hydrogens (tertiary/aromatic N) is 1. The van der Waals surface area contributed by atoms with Crippen LogP contribution in [0.2, 0.25) is 0 Å². The Bertz CT molecular complexity index is 119. The smallest absolute Gasteiger partial charge is 0.103 e. The molecule has 0 aliphatic heterocycles. The maximum Gasteiger partial charge on any atom is 0.103 e. The summed E-state index contributed by atoms with van der Waals surface area (Å²) in [6, 6.07) is 0.888. The Balaban J connectivity index is 4.59. The van der Waals surface area contributed by atoms with Gasteiger partial charge in [-0.25, -0.2) is 0 Å². The molecule has 0 amide bonds. The van der Waals surface area contributed by atoms with Crippen LogP contribution in [0.15, 0.2) is 0 Å². The Labute approximate surface area is 81.6 Å². The first-order valence-electron chi connectivity index (χ1n) is 5.09. The normalized spacial score (nSPS) is 12.9. The number of rotatable bonds is 6. The molecule has 0 saturated heterocycles. The highest BCUT2D eigenvalue weighted by molar-refractivity contribution is 4.54. The molecule has 0 heterocycles. The van der Waals surface area contributed by atoms with Crippen LogP contribution < -0.4 is 0 Å². The molecule has 0 spiro atoms. The fourth-order valence-corrected chi connectivity index (χ4v) is 2.11. The van der Waals surface area contributed by atoms with Gasteiger partial charge in [0.15, 0.2) is 0 Å². The molecular formula is C10H24NO2+. The van der Waals surface area contributed by atoms with Gasteiger partial charge in [0.1, 0.15) is 13.1 Å². The van der Waals surface area contributed by atoms with E-state index in [1.807, 2.05) is 0 Å². The largest absolute Gasteiger partial charge is 0.391 e. The van der Waals surface area contributed by atoms with E-state index in [4.69, 9.17) is 10.2 Å². The summed E-state index contributed by atoms with van der Waals surface area (Å²) in [5.41, 5.74) is 0. The van der Waals surface area contributed by atoms with E-state index in [1.54, 1.807) is 0 Å². The lowest BCUT2D eigenvalue weighted by Crippen LogP contribution is -2.60. The summed E-state index contributed by atoms with van der Waals surface area (Å²) >= 11 is 0. The average molecular weight is 190 g/mol. The average Bonchev–Trinajstić information content (AvgIpc) is 2.03. The predicted molar refractivity (Wildman–Crippen MR) is 54.4 cm³/mol. The number of hydrogen-bond donors (Lipinski definition) is 2. The lowest BCUT2D eigenvalue weighted by Gasteiger charge is -2.45. The van der Waals surface area contributed by atoms with Crippen LogP contribution in [-0.4, -0.2) is 53.1 Å². The molecule has 0 radical (unpaired) electrons. The Hall–Kier alpha value is -0.120. The molecule has 0 bridgehead atoms. The lowest BCUT2D eigenvalue weighted by molar-refractivity contribution is -0.967. The molecule has 0 unspecified atom stereocenters. The molecule has 3 heteroatoms. The minimum Gasteiger partial charge on any atom is -0.391 e. The topological polar surface area (TPSA) is 40.5 Å². The quantitative estimate of drug-likeness (QED) is 0.602. The van der Waals surface area contributed by atoms with E-state index in [2.05, 4.69) is 27.7 Å². The summed E-state index contributed by atoms with van der Waals surface area (Å²) in [5.74, 6) is 0. The van der Waals surface area contributed by atoms with Gasteiger partial charge < -0.3 is 14.7 Å². The van der Waals surface area contributed by atoms with Gasteiger partial charge in [0.25, 0.3) is 0 Å². The molecule has 0 aromatic carbocycles. The van der Waals surface area contributed by atoms with Crippen LogP contribution in [0.25, 0.3) is 0 Å². The molecule has 0 aliphatic carbocycles. The zero-order valence-electron chi connectivity index (χ0n) is 9.32. The van der Waals surface area contributed by atoms with Crippen molar-refractivity contribution >= 4 is 0 Å². The van der Waals surface area contributed by atoms with E-state index < -0.39 is 0 Å². The van der Waals surface area contributed by atoms with Gasteiger partial charge in [-0.1, -0.05) is 0 Å². The second-order valence-corrected chi connectivity index (χ2v) is 4.18. The SMILES string of the molecule is CC(C)[N+](CCO)(CCO)C(C)C.